The molecular weight excluding hydrogens is 1010 g/mol. The van der Waals surface area contributed by atoms with Gasteiger partial charge in [0, 0.05) is 48.5 Å². The van der Waals surface area contributed by atoms with E-state index in [1.54, 1.807) is 53.1 Å². The third-order valence-electron chi connectivity index (χ3n) is 15.9. The highest BCUT2D eigenvalue weighted by atomic mass is 16.3. The molecule has 0 spiro atoms. The predicted octanol–water partition coefficient (Wildman–Crippen LogP) is 20.4. The van der Waals surface area contributed by atoms with E-state index in [1.165, 1.54) is 0 Å². The van der Waals surface area contributed by atoms with Crippen LogP contribution in [0, 0.1) is 17.9 Å². The van der Waals surface area contributed by atoms with Crippen molar-refractivity contribution in [2.45, 2.75) is 0 Å². The third kappa shape index (κ3) is 5.99. The summed E-state index contributed by atoms with van der Waals surface area (Å²) in [7, 11) is 0. The van der Waals surface area contributed by atoms with E-state index in [0.717, 1.165) is 35.2 Å². The van der Waals surface area contributed by atoms with Crippen LogP contribution in [0.4, 0.5) is 5.69 Å². The molecule has 0 aliphatic rings. The Bertz CT molecular complexity index is 7050. The van der Waals surface area contributed by atoms with Gasteiger partial charge in [-0.15, -0.1) is 0 Å². The molecule has 0 aliphatic heterocycles. The van der Waals surface area contributed by atoms with Crippen LogP contribution in [0.3, 0.4) is 0 Å². The van der Waals surface area contributed by atoms with Crippen molar-refractivity contribution in [3.63, 3.8) is 0 Å². The molecule has 0 atom stereocenters. The maximum absolute atomic E-state index is 13.1. The lowest BCUT2D eigenvalue weighted by Gasteiger charge is -2.27. The minimum Gasteiger partial charge on any atom is -0.456 e. The molecule has 0 amide bonds. The van der Waals surface area contributed by atoms with E-state index in [1.807, 2.05) is 60.7 Å². The Morgan fingerprint density at radius 2 is 0.831 bits per heavy atom. The van der Waals surface area contributed by atoms with Crippen LogP contribution in [0.2, 0.25) is 0 Å². The highest BCUT2D eigenvalue weighted by Crippen LogP contribution is 2.54. The monoisotopic (exact) mass is 1080 g/mol. The largest absolute Gasteiger partial charge is 0.456 e. The number of rotatable bonds is 5. The number of nitriles is 1. The highest BCUT2D eigenvalue weighted by molar-refractivity contribution is 6.29. The first-order chi connectivity index (χ1) is 51.1. The lowest BCUT2D eigenvalue weighted by molar-refractivity contribution is 0.669. The zero-order valence-electron chi connectivity index (χ0n) is 66.5. The highest BCUT2D eigenvalue weighted by Gasteiger charge is 2.35. The molecule has 18 rings (SSSR count). The number of fused-ring (bicyclic) bond motifs is 19. The molecule has 0 radical (unpaired) electrons. The second-order valence-corrected chi connectivity index (χ2v) is 19.8. The summed E-state index contributed by atoms with van der Waals surface area (Å²) in [5.74, 6) is 0. The van der Waals surface area contributed by atoms with Gasteiger partial charge in [-0.1, -0.05) is 194 Å². The lowest BCUT2D eigenvalue weighted by atomic mass is 9.91. The summed E-state index contributed by atoms with van der Waals surface area (Å²) in [5.41, 5.74) is -7.06. The minimum atomic E-state index is -0.970. The van der Waals surface area contributed by atoms with Crippen LogP contribution in [0.15, 0.2) is 259 Å². The van der Waals surface area contributed by atoms with Crippen molar-refractivity contribution in [2.75, 3.05) is 0 Å². The van der Waals surface area contributed by atoms with Crippen molar-refractivity contribution in [3.8, 4) is 39.9 Å². The number of benzene rings is 13. The van der Waals surface area contributed by atoms with Gasteiger partial charge in [-0.3, -0.25) is 0 Å². The molecule has 0 saturated carbocycles. The summed E-state index contributed by atoms with van der Waals surface area (Å²) in [5, 5.41) is 14.5. The SMILES string of the molecule is [2H]c1c([2H])c([2H])c2c(c1[2H])c1c([2H])c([2H])c([2H])c([2H])c1n2-c1c(C#N)c(-n2c3c([2H])c([2H])c([2H])c([2H])c3c3c([2H])c([2H])c([2H])c([2H])c32)c(-n2c3cccc(-c4cccc5ccc6ccccc6c45)c3c3ccc4oc5ccccc5c4c32)c(-n2c3c([2H])c([2H])c([2H])c([2H])c3c3c([2H])c([2H])c([2H])c([2H])c32)c1[N+]#[C-]. The van der Waals surface area contributed by atoms with Gasteiger partial charge in [-0.2, -0.15) is 5.26 Å². The van der Waals surface area contributed by atoms with Crippen LogP contribution in [0.5, 0.6) is 0 Å². The van der Waals surface area contributed by atoms with E-state index in [2.05, 4.69) is 10.9 Å². The first-order valence-corrected chi connectivity index (χ1v) is 26.0. The van der Waals surface area contributed by atoms with Gasteiger partial charge in [0.1, 0.15) is 17.2 Å². The predicted molar refractivity (Wildman–Crippen MR) is 343 cm³/mol. The molecule has 7 heteroatoms. The topological polar surface area (TPSA) is 61.0 Å². The molecule has 5 heterocycles. The van der Waals surface area contributed by atoms with Gasteiger partial charge in [0.25, 0.3) is 0 Å². The van der Waals surface area contributed by atoms with Crippen molar-refractivity contribution < 1.29 is 37.3 Å². The fourth-order valence-corrected chi connectivity index (χ4v) is 12.8. The van der Waals surface area contributed by atoms with Crippen molar-refractivity contribution in [3.05, 3.63) is 271 Å². The Labute approximate surface area is 507 Å². The summed E-state index contributed by atoms with van der Waals surface area (Å²) in [6.07, 6.45) is 0. The molecule has 0 aliphatic carbocycles. The van der Waals surface area contributed by atoms with Gasteiger partial charge in [0.05, 0.1) is 117 Å². The molecule has 0 unspecified atom stereocenters. The fraction of sp³-hybridized carbons (Fsp3) is 0. The summed E-state index contributed by atoms with van der Waals surface area (Å²) >= 11 is 0. The van der Waals surface area contributed by atoms with Gasteiger partial charge in [0.15, 0.2) is 0 Å². The van der Waals surface area contributed by atoms with Crippen LogP contribution in [-0.4, -0.2) is 18.3 Å². The standard InChI is InChI=1S/C76H42N6O/c1-78-71-73(79-59-32-11-4-23-48(59)49-24-5-12-33-60(49)79)58(44-77)74(80-61-34-13-6-25-50(61)51-26-7-14-35-62(51)80)76(75(71)81-63-36-15-8-27-52(63)53-28-9-16-37-64(53)81)82-65-38-19-31-55(54-30-18-21-46-41-40-45-20-2-3-22-47(45)68(46)54)69(65)57-42-43-67-70(72(57)82)56-29-10-17-39-66(56)83-67/h2-43H/i4D,5D,6D,7D,8D,9D,11D,12D,13D,14D,15D,16D,23D,24D,25D,26D,27D,28D,32D,33D,34D,35D,36D,37D. The van der Waals surface area contributed by atoms with Crippen LogP contribution in [-0.2, 0) is 0 Å². The van der Waals surface area contributed by atoms with Crippen LogP contribution < -0.4 is 0 Å². The van der Waals surface area contributed by atoms with Gasteiger partial charge >= 0.3 is 0 Å². The summed E-state index contributed by atoms with van der Waals surface area (Å²) in [6.45, 7) is 10.1. The lowest BCUT2D eigenvalue weighted by Crippen LogP contribution is -2.14. The van der Waals surface area contributed by atoms with Gasteiger partial charge in [0.2, 0.25) is 5.69 Å². The first-order valence-electron chi connectivity index (χ1n) is 38.0. The van der Waals surface area contributed by atoms with E-state index < -0.39 is 244 Å². The average molecular weight is 1080 g/mol. The molecule has 0 fully saturated rings. The third-order valence-corrected chi connectivity index (χ3v) is 15.9. The maximum atomic E-state index is 13.1. The Balaban J connectivity index is 1.27. The van der Waals surface area contributed by atoms with Gasteiger partial charge in [-0.25, -0.2) is 4.85 Å². The molecular formula is C76H42N6O. The summed E-state index contributed by atoms with van der Waals surface area (Å²) < 4.78 is 242. The molecule has 0 bridgehead atoms. The molecule has 382 valence electrons. The molecule has 83 heavy (non-hydrogen) atoms. The van der Waals surface area contributed by atoms with Gasteiger partial charge in [-0.05, 0) is 93.2 Å². The second kappa shape index (κ2) is 16.9. The quantitative estimate of drug-likeness (QED) is 0.127. The Morgan fingerprint density at radius 1 is 0.361 bits per heavy atom. The number of para-hydroxylation sites is 7. The Hall–Kier alpha value is -11.6. The number of hydrogen-bond donors (Lipinski definition) is 0. The zero-order chi connectivity index (χ0) is 75.5. The smallest absolute Gasteiger partial charge is 0.237 e. The number of hydrogen-bond acceptors (Lipinski definition) is 2. The van der Waals surface area contributed by atoms with E-state index in [0.29, 0.717) is 38.3 Å². The molecule has 13 aromatic carbocycles. The van der Waals surface area contributed by atoms with Crippen molar-refractivity contribution in [2.24, 2.45) is 0 Å². The van der Waals surface area contributed by atoms with Crippen LogP contribution in [0.1, 0.15) is 38.5 Å². The summed E-state index contributed by atoms with van der Waals surface area (Å²) in [4.78, 5) is 4.31. The van der Waals surface area contributed by atoms with Crippen molar-refractivity contribution >= 4 is 136 Å². The zero-order valence-corrected chi connectivity index (χ0v) is 42.5. The molecule has 7 nitrogen and oxygen atoms in total. The fourth-order valence-electron chi connectivity index (χ4n) is 12.8. The van der Waals surface area contributed by atoms with Gasteiger partial charge < -0.3 is 22.7 Å². The normalized spacial score (nSPS) is 16.1. The van der Waals surface area contributed by atoms with Crippen LogP contribution >= 0.6 is 0 Å². The maximum Gasteiger partial charge on any atom is 0.237 e. The van der Waals surface area contributed by atoms with E-state index in [-0.39, 0.29) is 16.6 Å². The average Bonchev–Trinajstić information content (AvgIpc) is 1.53. The second-order valence-electron chi connectivity index (χ2n) is 19.8. The first kappa shape index (κ1) is 28.0. The van der Waals surface area contributed by atoms with Crippen molar-refractivity contribution in [1.29, 1.82) is 5.26 Å². The molecule has 0 saturated heterocycles. The number of furan rings is 1. The van der Waals surface area contributed by atoms with E-state index in [9.17, 15) is 42.0 Å². The van der Waals surface area contributed by atoms with Crippen LogP contribution in [0.25, 0.3) is 169 Å². The molecule has 5 aromatic heterocycles. The van der Waals surface area contributed by atoms with E-state index in [4.69, 9.17) is 7.16 Å². The summed E-state index contributed by atoms with van der Waals surface area (Å²) in [6, 6.07) is 13.2. The Kier molecular flexibility index (Phi) is 5.71. The van der Waals surface area contributed by atoms with Crippen molar-refractivity contribution in [1.82, 2.24) is 18.3 Å². The molecule has 18 aromatic rings. The number of nitrogens with zero attached hydrogens (tertiary/aromatic N) is 6. The Morgan fingerprint density at radius 3 is 1.40 bits per heavy atom. The number of aromatic nitrogens is 4. The van der Waals surface area contributed by atoms with E-state index >= 15 is 0 Å². The molecule has 0 N–H and O–H groups in total. The minimum absolute atomic E-state index is 0.115.